The van der Waals surface area contributed by atoms with E-state index in [-0.39, 0.29) is 29.0 Å². The fraction of sp³-hybridized carbons (Fsp3) is 0.645. The van der Waals surface area contributed by atoms with Gasteiger partial charge in [0.25, 0.3) is 0 Å². The third-order valence-corrected chi connectivity index (χ3v) is 13.0. The van der Waals surface area contributed by atoms with E-state index in [2.05, 4.69) is 15.0 Å². The lowest BCUT2D eigenvalue weighted by Gasteiger charge is -2.38. The van der Waals surface area contributed by atoms with Gasteiger partial charge in [-0.25, -0.2) is 26.5 Å². The molecular weight excluding hydrogens is 651 g/mol. The van der Waals surface area contributed by atoms with Gasteiger partial charge in [0.05, 0.1) is 35.9 Å². The lowest BCUT2D eigenvalue weighted by atomic mass is 9.88. The number of hydrogen-bond donors (Lipinski definition) is 4. The summed E-state index contributed by atoms with van der Waals surface area (Å²) in [6, 6.07) is 7.19. The number of fused-ring (bicyclic) bond motifs is 1. The van der Waals surface area contributed by atoms with E-state index in [4.69, 9.17) is 14.2 Å². The van der Waals surface area contributed by atoms with Gasteiger partial charge in [-0.2, -0.15) is 4.31 Å². The van der Waals surface area contributed by atoms with E-state index in [1.54, 1.807) is 18.2 Å². The molecule has 6 rings (SSSR count). The number of likely N-dealkylation sites (N-methyl/N-ethyl adjacent to an activating group) is 1. The van der Waals surface area contributed by atoms with Gasteiger partial charge >= 0.3 is 0 Å². The fourth-order valence-corrected chi connectivity index (χ4v) is 9.50. The Morgan fingerprint density at radius 3 is 2.68 bits per heavy atom. The number of hydrogen-bond acceptors (Lipinski definition) is 12. The Labute approximate surface area is 276 Å². The Bertz CT molecular complexity index is 1620. The zero-order chi connectivity index (χ0) is 33.2. The molecule has 4 aliphatic rings. The third-order valence-electron chi connectivity index (χ3n) is 9.60. The Kier molecular flexibility index (Phi) is 10.3. The molecule has 1 spiro atoms. The van der Waals surface area contributed by atoms with Crippen LogP contribution >= 0.6 is 0 Å². The first-order valence-corrected chi connectivity index (χ1v) is 19.2. The summed E-state index contributed by atoms with van der Waals surface area (Å²) in [4.78, 5) is 6.37. The van der Waals surface area contributed by atoms with Crippen molar-refractivity contribution in [1.29, 1.82) is 0 Å². The quantitative estimate of drug-likeness (QED) is 0.261. The van der Waals surface area contributed by atoms with E-state index >= 15 is 0 Å². The van der Waals surface area contributed by atoms with Gasteiger partial charge in [-0.15, -0.1) is 0 Å². The summed E-state index contributed by atoms with van der Waals surface area (Å²) < 4.78 is 74.3. The number of ether oxygens (including phenoxy) is 3. The number of pyridine rings is 1. The summed E-state index contributed by atoms with van der Waals surface area (Å²) in [5.41, 5.74) is 0.234. The van der Waals surface area contributed by atoms with Crippen LogP contribution in [0.5, 0.6) is 11.6 Å². The van der Waals surface area contributed by atoms with Crippen molar-refractivity contribution in [2.75, 3.05) is 57.9 Å². The van der Waals surface area contributed by atoms with E-state index in [0.29, 0.717) is 82.3 Å². The number of benzene rings is 1. The Balaban J connectivity index is 0.952. The molecule has 0 amide bonds. The van der Waals surface area contributed by atoms with Crippen molar-refractivity contribution in [2.24, 2.45) is 0 Å². The minimum absolute atomic E-state index is 0.0112. The Hall–Kier alpha value is -2.57. The summed E-state index contributed by atoms with van der Waals surface area (Å²) in [7, 11) is -5.69. The number of nitrogens with zero attached hydrogens (tertiary/aromatic N) is 3. The maximum absolute atomic E-state index is 13.4. The van der Waals surface area contributed by atoms with Crippen molar-refractivity contribution in [3.05, 3.63) is 36.5 Å². The van der Waals surface area contributed by atoms with Crippen LogP contribution in [-0.4, -0.2) is 119 Å². The largest absolute Gasteiger partial charge is 0.491 e. The van der Waals surface area contributed by atoms with Gasteiger partial charge in [0.15, 0.2) is 0 Å². The number of aromatic nitrogens is 1. The number of aliphatic hydroxyl groups excluding tert-OH is 2. The van der Waals surface area contributed by atoms with Crippen molar-refractivity contribution in [2.45, 2.75) is 84.6 Å². The van der Waals surface area contributed by atoms with E-state index in [1.165, 1.54) is 22.6 Å². The summed E-state index contributed by atoms with van der Waals surface area (Å²) in [5.74, 6) is 0.752. The van der Waals surface area contributed by atoms with Gasteiger partial charge in [-0.3, -0.25) is 0 Å². The van der Waals surface area contributed by atoms with Crippen LogP contribution in [0.15, 0.2) is 46.3 Å². The van der Waals surface area contributed by atoms with Crippen molar-refractivity contribution in [3.63, 3.8) is 0 Å². The van der Waals surface area contributed by atoms with Gasteiger partial charge in [-0.05, 0) is 50.3 Å². The van der Waals surface area contributed by atoms with Gasteiger partial charge in [0.1, 0.15) is 35.7 Å². The number of nitrogens with one attached hydrogen (secondary N) is 2. The third kappa shape index (κ3) is 7.85. The molecule has 4 N–H and O–H groups in total. The predicted octanol–water partition coefficient (Wildman–Crippen LogP) is 0.834. The average Bonchev–Trinajstić information content (AvgIpc) is 3.46. The highest BCUT2D eigenvalue weighted by Crippen LogP contribution is 2.38. The number of rotatable bonds is 11. The molecule has 1 aromatic heterocycles. The van der Waals surface area contributed by atoms with E-state index < -0.39 is 43.9 Å². The van der Waals surface area contributed by atoms with Crippen LogP contribution in [0.4, 0.5) is 5.69 Å². The topological polar surface area (TPSA) is 180 Å². The molecule has 1 aromatic carbocycles. The van der Waals surface area contributed by atoms with E-state index in [1.807, 2.05) is 11.9 Å². The molecule has 2 saturated heterocycles. The summed E-state index contributed by atoms with van der Waals surface area (Å²) in [6.07, 6.45) is 4.52. The molecule has 47 heavy (non-hydrogen) atoms. The first-order chi connectivity index (χ1) is 22.4. The molecule has 2 aromatic rings. The van der Waals surface area contributed by atoms with Crippen LogP contribution in [0.25, 0.3) is 0 Å². The highest BCUT2D eigenvalue weighted by Gasteiger charge is 2.45. The monoisotopic (exact) mass is 695 g/mol. The molecule has 260 valence electrons. The van der Waals surface area contributed by atoms with Crippen molar-refractivity contribution in [3.8, 4) is 11.6 Å². The molecule has 1 saturated carbocycles. The molecule has 4 heterocycles. The number of anilines is 1. The number of sulfonamides is 2. The molecule has 16 heteroatoms. The minimum atomic E-state index is -3.84. The van der Waals surface area contributed by atoms with Crippen LogP contribution in [-0.2, 0) is 24.8 Å². The second-order valence-electron chi connectivity index (χ2n) is 13.0. The zero-order valence-corrected chi connectivity index (χ0v) is 28.2. The van der Waals surface area contributed by atoms with Gasteiger partial charge in [0, 0.05) is 44.8 Å². The zero-order valence-electron chi connectivity index (χ0n) is 26.6. The number of aliphatic hydroxyl groups is 2. The predicted molar refractivity (Wildman–Crippen MR) is 173 cm³/mol. The second-order valence-corrected chi connectivity index (χ2v) is 16.6. The molecule has 3 fully saturated rings. The highest BCUT2D eigenvalue weighted by atomic mass is 32.2. The fourth-order valence-electron chi connectivity index (χ4n) is 6.76. The minimum Gasteiger partial charge on any atom is -0.491 e. The molecule has 1 aliphatic carbocycles. The van der Waals surface area contributed by atoms with E-state index in [0.717, 1.165) is 12.8 Å². The molecule has 14 nitrogen and oxygen atoms in total. The summed E-state index contributed by atoms with van der Waals surface area (Å²) >= 11 is 0. The Morgan fingerprint density at radius 1 is 1.11 bits per heavy atom. The van der Waals surface area contributed by atoms with Gasteiger partial charge in [-0.1, -0.05) is 18.9 Å². The van der Waals surface area contributed by atoms with Crippen LogP contribution in [0.1, 0.15) is 44.9 Å². The summed E-state index contributed by atoms with van der Waals surface area (Å²) in [6.45, 7) is 2.48. The molecule has 3 aliphatic heterocycles. The first-order valence-electron chi connectivity index (χ1n) is 16.3. The van der Waals surface area contributed by atoms with Gasteiger partial charge in [0.2, 0.25) is 25.9 Å². The van der Waals surface area contributed by atoms with E-state index in [9.17, 15) is 27.0 Å². The van der Waals surface area contributed by atoms with Crippen LogP contribution in [0, 0.1) is 0 Å². The molecule has 0 bridgehead atoms. The van der Waals surface area contributed by atoms with Crippen molar-refractivity contribution in [1.82, 2.24) is 19.3 Å². The number of piperidine rings is 1. The Morgan fingerprint density at radius 2 is 1.89 bits per heavy atom. The van der Waals surface area contributed by atoms with Crippen molar-refractivity contribution < 1.29 is 41.3 Å². The standard InChI is InChI=1S/C31H45N5O9S2/c1-35-13-14-43-30-28(35)16-26(19-33-30)47(41,42)36-11-9-31(10-12-36)17-22(20-45-31)32-18-23(37)21-44-24-5-4-6-25(15-24)46(39,40)34-27-7-2-3-8-29(27)38/h4-6,15-16,19,22-23,27,29,32,34,37-38H,2-3,7-14,17-18,20-21H2,1H3/t22-,23+,27-,29+/m1/s1. The first kappa shape index (κ1) is 34.3. The van der Waals surface area contributed by atoms with Crippen LogP contribution < -0.4 is 24.4 Å². The lowest BCUT2D eigenvalue weighted by molar-refractivity contribution is -0.0312. The molecule has 4 atom stereocenters. The van der Waals surface area contributed by atoms with Crippen LogP contribution in [0.2, 0.25) is 0 Å². The van der Waals surface area contributed by atoms with Gasteiger partial charge < -0.3 is 34.6 Å². The lowest BCUT2D eigenvalue weighted by Crippen LogP contribution is -2.47. The highest BCUT2D eigenvalue weighted by molar-refractivity contribution is 7.89. The molecule has 0 radical (unpaired) electrons. The SMILES string of the molecule is CN1CCOc2ncc(S(=O)(=O)N3CCC4(CC3)C[C@@H](NC[C@H](O)COc3cccc(S(=O)(=O)N[C@@H]5CCCC[C@@H]5O)c3)CO4)cc21. The summed E-state index contributed by atoms with van der Waals surface area (Å²) in [5, 5.41) is 24.1. The smallest absolute Gasteiger partial charge is 0.244 e. The molecular formula is C31H45N5O9S2. The normalized spacial score (nSPS) is 25.7. The maximum atomic E-state index is 13.4. The average molecular weight is 696 g/mol. The van der Waals surface area contributed by atoms with Crippen LogP contribution in [0.3, 0.4) is 0 Å². The molecule has 0 unspecified atom stereocenters. The second kappa shape index (κ2) is 14.1. The maximum Gasteiger partial charge on any atom is 0.244 e. The van der Waals surface area contributed by atoms with Crippen molar-refractivity contribution >= 4 is 25.7 Å².